The lowest BCUT2D eigenvalue weighted by atomic mass is 9.80. The molecule has 2 fully saturated rings. The van der Waals surface area contributed by atoms with Crippen LogP contribution in [0.4, 0.5) is 0 Å². The van der Waals surface area contributed by atoms with Crippen LogP contribution in [-0.4, -0.2) is 30.8 Å². The van der Waals surface area contributed by atoms with Gasteiger partial charge in [0.05, 0.1) is 5.60 Å². The van der Waals surface area contributed by atoms with Crippen molar-refractivity contribution in [1.82, 2.24) is 5.32 Å². The molecule has 112 valence electrons. The highest BCUT2D eigenvalue weighted by molar-refractivity contribution is 7.99. The van der Waals surface area contributed by atoms with Crippen LogP contribution < -0.4 is 5.32 Å². The summed E-state index contributed by atoms with van der Waals surface area (Å²) in [5.74, 6) is 3.18. The molecule has 0 bridgehead atoms. The maximum atomic E-state index is 6.17. The number of hydrogen-bond donors (Lipinski definition) is 1. The normalized spacial score (nSPS) is 31.9. The van der Waals surface area contributed by atoms with Crippen molar-refractivity contribution in [3.05, 3.63) is 21.4 Å². The van der Waals surface area contributed by atoms with Crippen LogP contribution in [0.25, 0.3) is 0 Å². The Balaban J connectivity index is 1.78. The number of rotatable bonds is 3. The summed E-state index contributed by atoms with van der Waals surface area (Å²) in [6.07, 6.45) is 3.66. The topological polar surface area (TPSA) is 21.3 Å². The zero-order valence-corrected chi connectivity index (χ0v) is 14.3. The van der Waals surface area contributed by atoms with Crippen LogP contribution in [0.2, 0.25) is 0 Å². The average Bonchev–Trinajstić information content (AvgIpc) is 2.99. The second kappa shape index (κ2) is 5.99. The van der Waals surface area contributed by atoms with Gasteiger partial charge in [0.1, 0.15) is 0 Å². The molecule has 0 aromatic carbocycles. The third-order valence-corrected chi connectivity index (χ3v) is 7.33. The number of nitrogens with one attached hydrogen (secondary N) is 1. The van der Waals surface area contributed by atoms with Crippen molar-refractivity contribution >= 4 is 23.1 Å². The number of thioether (sulfide) groups is 1. The molecule has 3 rings (SSSR count). The van der Waals surface area contributed by atoms with E-state index in [0.29, 0.717) is 12.0 Å². The van der Waals surface area contributed by atoms with Gasteiger partial charge in [-0.15, -0.1) is 11.3 Å². The molecule has 3 unspecified atom stereocenters. The van der Waals surface area contributed by atoms with E-state index in [9.17, 15) is 0 Å². The molecule has 1 spiro atoms. The Bertz CT molecular complexity index is 446. The molecule has 0 aliphatic carbocycles. The Kier molecular flexibility index (Phi) is 4.46. The van der Waals surface area contributed by atoms with Crippen LogP contribution in [0, 0.1) is 19.8 Å². The first-order valence-corrected chi connectivity index (χ1v) is 9.56. The Morgan fingerprint density at radius 3 is 2.90 bits per heavy atom. The van der Waals surface area contributed by atoms with Crippen molar-refractivity contribution < 1.29 is 4.74 Å². The number of aryl methyl sites for hydroxylation is 2. The van der Waals surface area contributed by atoms with E-state index in [1.54, 1.807) is 0 Å². The second-order valence-corrected chi connectivity index (χ2v) is 8.63. The molecule has 0 saturated carbocycles. The zero-order chi connectivity index (χ0) is 14.2. The Morgan fingerprint density at radius 1 is 1.45 bits per heavy atom. The standard InChI is InChI=1S/C16H25NOS2/c1-11-8-14(20-12(11)2)15(17-3)13-4-6-18-16(9-13)5-7-19-10-16/h8,13,15,17H,4-7,9-10H2,1-3H3. The van der Waals surface area contributed by atoms with Crippen molar-refractivity contribution in [1.29, 1.82) is 0 Å². The number of hydrogen-bond acceptors (Lipinski definition) is 4. The van der Waals surface area contributed by atoms with Crippen molar-refractivity contribution in [3.63, 3.8) is 0 Å². The van der Waals surface area contributed by atoms with Crippen molar-refractivity contribution in [2.24, 2.45) is 5.92 Å². The molecule has 1 aromatic heterocycles. The first-order valence-electron chi connectivity index (χ1n) is 7.59. The van der Waals surface area contributed by atoms with E-state index >= 15 is 0 Å². The summed E-state index contributed by atoms with van der Waals surface area (Å²) in [5, 5.41) is 3.58. The molecule has 2 nitrogen and oxygen atoms in total. The van der Waals surface area contributed by atoms with Crippen LogP contribution in [-0.2, 0) is 4.74 Å². The van der Waals surface area contributed by atoms with E-state index in [1.807, 2.05) is 11.3 Å². The van der Waals surface area contributed by atoms with Gasteiger partial charge in [-0.3, -0.25) is 0 Å². The molecular formula is C16H25NOS2. The lowest BCUT2D eigenvalue weighted by molar-refractivity contribution is -0.0848. The first kappa shape index (κ1) is 14.9. The molecule has 1 aromatic rings. The SMILES string of the molecule is CNC(c1cc(C)c(C)s1)C1CCOC2(CCSC2)C1. The van der Waals surface area contributed by atoms with Gasteiger partial charge in [0, 0.05) is 28.2 Å². The second-order valence-electron chi connectivity index (χ2n) is 6.24. The minimum Gasteiger partial charge on any atom is -0.374 e. The van der Waals surface area contributed by atoms with E-state index in [-0.39, 0.29) is 5.60 Å². The van der Waals surface area contributed by atoms with Crippen molar-refractivity contribution in [3.8, 4) is 0 Å². The summed E-state index contributed by atoms with van der Waals surface area (Å²) in [5.41, 5.74) is 1.62. The molecule has 20 heavy (non-hydrogen) atoms. The van der Waals surface area contributed by atoms with Crippen LogP contribution in [0.1, 0.15) is 40.6 Å². The fourth-order valence-electron chi connectivity index (χ4n) is 3.58. The molecule has 2 aliphatic heterocycles. The number of thiophene rings is 1. The maximum Gasteiger partial charge on any atom is 0.0783 e. The predicted octanol–water partition coefficient (Wildman–Crippen LogP) is 3.93. The fraction of sp³-hybridized carbons (Fsp3) is 0.750. The van der Waals surface area contributed by atoms with E-state index in [4.69, 9.17) is 4.74 Å². The molecule has 1 N–H and O–H groups in total. The molecular weight excluding hydrogens is 286 g/mol. The number of ether oxygens (including phenoxy) is 1. The minimum absolute atomic E-state index is 0.185. The third-order valence-electron chi connectivity index (χ3n) is 4.87. The average molecular weight is 312 g/mol. The van der Waals surface area contributed by atoms with Gasteiger partial charge >= 0.3 is 0 Å². The van der Waals surface area contributed by atoms with Gasteiger partial charge in [-0.05, 0) is 63.5 Å². The lowest BCUT2D eigenvalue weighted by Crippen LogP contribution is -2.43. The van der Waals surface area contributed by atoms with E-state index < -0.39 is 0 Å². The van der Waals surface area contributed by atoms with Crippen molar-refractivity contribution in [2.75, 3.05) is 25.2 Å². The highest BCUT2D eigenvalue weighted by atomic mass is 32.2. The van der Waals surface area contributed by atoms with Gasteiger partial charge in [-0.25, -0.2) is 0 Å². The summed E-state index contributed by atoms with van der Waals surface area (Å²) in [4.78, 5) is 2.97. The molecule has 0 amide bonds. The van der Waals surface area contributed by atoms with E-state index in [0.717, 1.165) is 6.61 Å². The van der Waals surface area contributed by atoms with Crippen molar-refractivity contribution in [2.45, 2.75) is 44.8 Å². The first-order chi connectivity index (χ1) is 9.63. The molecule has 4 heteroatoms. The molecule has 3 atom stereocenters. The lowest BCUT2D eigenvalue weighted by Gasteiger charge is -2.40. The van der Waals surface area contributed by atoms with Crippen LogP contribution in [0.5, 0.6) is 0 Å². The molecule has 0 radical (unpaired) electrons. The van der Waals surface area contributed by atoms with Gasteiger partial charge in [-0.2, -0.15) is 11.8 Å². The van der Waals surface area contributed by atoms with E-state index in [2.05, 4.69) is 44.0 Å². The van der Waals surface area contributed by atoms with Gasteiger partial charge < -0.3 is 10.1 Å². The van der Waals surface area contributed by atoms with Crippen LogP contribution in [0.15, 0.2) is 6.07 Å². The zero-order valence-electron chi connectivity index (χ0n) is 12.7. The van der Waals surface area contributed by atoms with E-state index in [1.165, 1.54) is 46.1 Å². The fourth-order valence-corrected chi connectivity index (χ4v) is 6.20. The Hall–Kier alpha value is -0.0300. The van der Waals surface area contributed by atoms with Gasteiger partial charge in [0.2, 0.25) is 0 Å². The summed E-state index contributed by atoms with van der Waals surface area (Å²) in [6.45, 7) is 5.39. The Morgan fingerprint density at radius 2 is 2.30 bits per heavy atom. The Labute approximate surface area is 130 Å². The monoisotopic (exact) mass is 311 g/mol. The van der Waals surface area contributed by atoms with Gasteiger partial charge in [0.15, 0.2) is 0 Å². The predicted molar refractivity (Wildman–Crippen MR) is 88.9 cm³/mol. The maximum absolute atomic E-state index is 6.17. The smallest absolute Gasteiger partial charge is 0.0783 e. The van der Waals surface area contributed by atoms with Crippen LogP contribution in [0.3, 0.4) is 0 Å². The summed E-state index contributed by atoms with van der Waals surface area (Å²) in [6, 6.07) is 2.88. The largest absolute Gasteiger partial charge is 0.374 e. The molecule has 2 saturated heterocycles. The van der Waals surface area contributed by atoms with Crippen LogP contribution >= 0.6 is 23.1 Å². The summed E-state index contributed by atoms with van der Waals surface area (Å²) >= 11 is 4.02. The summed E-state index contributed by atoms with van der Waals surface area (Å²) < 4.78 is 6.17. The van der Waals surface area contributed by atoms with Gasteiger partial charge in [-0.1, -0.05) is 0 Å². The summed E-state index contributed by atoms with van der Waals surface area (Å²) in [7, 11) is 2.11. The molecule has 2 aliphatic rings. The highest BCUT2D eigenvalue weighted by Gasteiger charge is 2.42. The third kappa shape index (κ3) is 2.80. The highest BCUT2D eigenvalue weighted by Crippen LogP contribution is 2.45. The minimum atomic E-state index is 0.185. The quantitative estimate of drug-likeness (QED) is 0.914. The molecule has 3 heterocycles. The van der Waals surface area contributed by atoms with Gasteiger partial charge in [0.25, 0.3) is 0 Å².